The number of carbonyl (C=O) groups is 1. The molecule has 5 nitrogen and oxygen atoms in total. The van der Waals surface area contributed by atoms with Crippen molar-refractivity contribution < 1.29 is 9.53 Å². The van der Waals surface area contributed by atoms with Crippen LogP contribution in [0.4, 0.5) is 0 Å². The van der Waals surface area contributed by atoms with Crippen molar-refractivity contribution in [2.75, 3.05) is 26.7 Å². The van der Waals surface area contributed by atoms with Crippen LogP contribution >= 0.6 is 24.0 Å². The van der Waals surface area contributed by atoms with Gasteiger partial charge < -0.3 is 15.4 Å². The lowest BCUT2D eigenvalue weighted by atomic mass is 10.4. The number of aliphatic imine (C=N–C) groups is 1. The fourth-order valence-corrected chi connectivity index (χ4v) is 0.950. The van der Waals surface area contributed by atoms with Crippen molar-refractivity contribution in [1.82, 2.24) is 10.6 Å². The maximum absolute atomic E-state index is 10.8. The summed E-state index contributed by atoms with van der Waals surface area (Å²) in [5.41, 5.74) is 0. The van der Waals surface area contributed by atoms with E-state index in [0.29, 0.717) is 13.0 Å². The highest BCUT2D eigenvalue weighted by Gasteiger charge is 2.00. The van der Waals surface area contributed by atoms with E-state index in [9.17, 15) is 4.79 Å². The molecule has 2 N–H and O–H groups in total. The van der Waals surface area contributed by atoms with E-state index >= 15 is 0 Å². The molecule has 0 saturated carbocycles. The van der Waals surface area contributed by atoms with Crippen LogP contribution in [0.3, 0.4) is 0 Å². The third-order valence-electron chi connectivity index (χ3n) is 1.69. The summed E-state index contributed by atoms with van der Waals surface area (Å²) < 4.78 is 4.53. The van der Waals surface area contributed by atoms with Crippen molar-refractivity contribution in [3.8, 4) is 0 Å². The quantitative estimate of drug-likeness (QED) is 0.329. The first kappa shape index (κ1) is 17.9. The van der Waals surface area contributed by atoms with Crippen molar-refractivity contribution in [3.05, 3.63) is 0 Å². The Labute approximate surface area is 114 Å². The Hall–Kier alpha value is -0.530. The van der Waals surface area contributed by atoms with Gasteiger partial charge in [0.25, 0.3) is 0 Å². The Balaban J connectivity index is 0. The number of halogens is 1. The number of nitrogens with zero attached hydrogens (tertiary/aromatic N) is 1. The molecule has 0 heterocycles. The van der Waals surface area contributed by atoms with Crippen LogP contribution in [0.25, 0.3) is 0 Å². The lowest BCUT2D eigenvalue weighted by Gasteiger charge is -2.10. The molecule has 0 rings (SSSR count). The molecule has 0 amide bonds. The van der Waals surface area contributed by atoms with Gasteiger partial charge in [0.05, 0.1) is 13.5 Å². The van der Waals surface area contributed by atoms with Gasteiger partial charge >= 0.3 is 5.97 Å². The molecular formula is C10H22IN3O2. The van der Waals surface area contributed by atoms with E-state index < -0.39 is 0 Å². The second kappa shape index (κ2) is 12.5. The fraction of sp³-hybridized carbons (Fsp3) is 0.800. The number of methoxy groups -OCH3 is 1. The summed E-state index contributed by atoms with van der Waals surface area (Å²) >= 11 is 0. The number of carbonyl (C=O) groups excluding carboxylic acids is 1. The van der Waals surface area contributed by atoms with Crippen molar-refractivity contribution in [1.29, 1.82) is 0 Å². The first-order valence-corrected chi connectivity index (χ1v) is 5.33. The van der Waals surface area contributed by atoms with Crippen LogP contribution in [0.15, 0.2) is 4.99 Å². The minimum absolute atomic E-state index is 0. The fourth-order valence-electron chi connectivity index (χ4n) is 0.950. The SMILES string of the molecule is CCCN=C(NCC)NCCC(=O)OC.I. The highest BCUT2D eigenvalue weighted by Crippen LogP contribution is 1.83. The molecule has 0 aromatic carbocycles. The van der Waals surface area contributed by atoms with Crippen LogP contribution in [0.2, 0.25) is 0 Å². The van der Waals surface area contributed by atoms with Gasteiger partial charge in [-0.3, -0.25) is 9.79 Å². The van der Waals surface area contributed by atoms with Crippen molar-refractivity contribution in [2.24, 2.45) is 4.99 Å². The Kier molecular flexibility index (Phi) is 14.0. The summed E-state index contributed by atoms with van der Waals surface area (Å²) in [4.78, 5) is 15.1. The Bertz CT molecular complexity index is 210. The number of rotatable bonds is 6. The molecule has 0 unspecified atom stereocenters. The third-order valence-corrected chi connectivity index (χ3v) is 1.69. The van der Waals surface area contributed by atoms with E-state index in [-0.39, 0.29) is 29.9 Å². The predicted molar refractivity (Wildman–Crippen MR) is 76.3 cm³/mol. The molecule has 0 aliphatic heterocycles. The van der Waals surface area contributed by atoms with Crippen molar-refractivity contribution >= 4 is 35.9 Å². The van der Waals surface area contributed by atoms with Crippen LogP contribution in [-0.2, 0) is 9.53 Å². The zero-order valence-electron chi connectivity index (χ0n) is 10.2. The maximum atomic E-state index is 10.8. The first-order chi connectivity index (χ1) is 7.24. The van der Waals surface area contributed by atoms with Gasteiger partial charge in [-0.15, -0.1) is 24.0 Å². The van der Waals surface area contributed by atoms with Crippen LogP contribution in [0.1, 0.15) is 26.7 Å². The van der Waals surface area contributed by atoms with Crippen molar-refractivity contribution in [2.45, 2.75) is 26.7 Å². The molecule has 0 aliphatic carbocycles. The van der Waals surface area contributed by atoms with Crippen LogP contribution in [0.5, 0.6) is 0 Å². The number of nitrogens with one attached hydrogen (secondary N) is 2. The summed E-state index contributed by atoms with van der Waals surface area (Å²) in [7, 11) is 1.39. The smallest absolute Gasteiger partial charge is 0.307 e. The highest BCUT2D eigenvalue weighted by atomic mass is 127. The molecule has 96 valence electrons. The normalized spacial score (nSPS) is 10.3. The largest absolute Gasteiger partial charge is 0.469 e. The monoisotopic (exact) mass is 343 g/mol. The molecule has 0 saturated heterocycles. The number of hydrogen-bond acceptors (Lipinski definition) is 3. The molecule has 0 aromatic heterocycles. The van der Waals surface area contributed by atoms with Gasteiger partial charge in [-0.05, 0) is 13.3 Å². The average molecular weight is 343 g/mol. The molecule has 0 aliphatic rings. The minimum atomic E-state index is -0.214. The topological polar surface area (TPSA) is 62.7 Å². The zero-order valence-corrected chi connectivity index (χ0v) is 12.5. The Morgan fingerprint density at radius 3 is 2.50 bits per heavy atom. The second-order valence-corrected chi connectivity index (χ2v) is 3.01. The number of hydrogen-bond donors (Lipinski definition) is 2. The van der Waals surface area contributed by atoms with Gasteiger partial charge in [-0.1, -0.05) is 6.92 Å². The molecule has 16 heavy (non-hydrogen) atoms. The number of esters is 1. The van der Waals surface area contributed by atoms with E-state index in [1.165, 1.54) is 7.11 Å². The molecule has 0 aromatic rings. The van der Waals surface area contributed by atoms with E-state index in [1.807, 2.05) is 6.92 Å². The molecular weight excluding hydrogens is 321 g/mol. The summed E-state index contributed by atoms with van der Waals surface area (Å²) in [6.45, 7) is 6.22. The van der Waals surface area contributed by atoms with Crippen molar-refractivity contribution in [3.63, 3.8) is 0 Å². The Morgan fingerprint density at radius 2 is 2.00 bits per heavy atom. The lowest BCUT2D eigenvalue weighted by molar-refractivity contribution is -0.140. The summed E-state index contributed by atoms with van der Waals surface area (Å²) in [6.07, 6.45) is 1.36. The molecule has 0 fully saturated rings. The van der Waals surface area contributed by atoms with E-state index in [4.69, 9.17) is 0 Å². The van der Waals surface area contributed by atoms with E-state index in [0.717, 1.165) is 25.5 Å². The molecule has 0 spiro atoms. The van der Waals surface area contributed by atoms with Gasteiger partial charge in [0.2, 0.25) is 0 Å². The van der Waals surface area contributed by atoms with Gasteiger partial charge in [0.15, 0.2) is 5.96 Å². The van der Waals surface area contributed by atoms with Gasteiger partial charge in [0, 0.05) is 19.6 Å². The molecule has 0 radical (unpaired) electrons. The summed E-state index contributed by atoms with van der Waals surface area (Å²) in [5, 5.41) is 6.15. The van der Waals surface area contributed by atoms with Crippen LogP contribution in [-0.4, -0.2) is 38.7 Å². The number of ether oxygens (including phenoxy) is 1. The van der Waals surface area contributed by atoms with Crippen LogP contribution < -0.4 is 10.6 Å². The zero-order chi connectivity index (χ0) is 11.5. The first-order valence-electron chi connectivity index (χ1n) is 5.33. The standard InChI is InChI=1S/C10H21N3O2.HI/c1-4-7-12-10(11-5-2)13-8-6-9(14)15-3;/h4-8H2,1-3H3,(H2,11,12,13);1H. The third kappa shape index (κ3) is 10.0. The predicted octanol–water partition coefficient (Wildman–Crippen LogP) is 1.13. The lowest BCUT2D eigenvalue weighted by Crippen LogP contribution is -2.38. The minimum Gasteiger partial charge on any atom is -0.469 e. The second-order valence-electron chi connectivity index (χ2n) is 3.01. The maximum Gasteiger partial charge on any atom is 0.307 e. The van der Waals surface area contributed by atoms with Gasteiger partial charge in [-0.2, -0.15) is 0 Å². The molecule has 6 heteroatoms. The molecule has 0 bridgehead atoms. The van der Waals surface area contributed by atoms with E-state index in [1.54, 1.807) is 0 Å². The highest BCUT2D eigenvalue weighted by molar-refractivity contribution is 14.0. The van der Waals surface area contributed by atoms with Gasteiger partial charge in [0.1, 0.15) is 0 Å². The molecule has 0 atom stereocenters. The van der Waals surface area contributed by atoms with Crippen LogP contribution in [0, 0.1) is 0 Å². The number of guanidine groups is 1. The summed E-state index contributed by atoms with van der Waals surface area (Å²) in [6, 6.07) is 0. The van der Waals surface area contributed by atoms with E-state index in [2.05, 4.69) is 27.3 Å². The summed E-state index contributed by atoms with van der Waals surface area (Å²) in [5.74, 6) is 0.539. The van der Waals surface area contributed by atoms with Gasteiger partial charge in [-0.25, -0.2) is 0 Å². The average Bonchev–Trinajstić information content (AvgIpc) is 2.25. The Morgan fingerprint density at radius 1 is 1.31 bits per heavy atom.